The summed E-state index contributed by atoms with van der Waals surface area (Å²) in [4.78, 5) is 1.98. The topological polar surface area (TPSA) is 36.3 Å². The first-order valence-corrected chi connectivity index (χ1v) is 11.1. The Balaban J connectivity index is 2.27. The Kier molecular flexibility index (Phi) is 4.63. The minimum Gasteiger partial charge on any atom is -0.413 e. The quantitative estimate of drug-likeness (QED) is 0.460. The monoisotopic (exact) mass is 336 g/mol. The van der Waals surface area contributed by atoms with E-state index in [0.29, 0.717) is 19.0 Å². The minimum atomic E-state index is -1.90. The molecule has 1 aliphatic heterocycles. The number of para-hydroxylation sites is 1. The first-order chi connectivity index (χ1) is 10.2. The second kappa shape index (κ2) is 5.88. The van der Waals surface area contributed by atoms with Gasteiger partial charge >= 0.3 is 0 Å². The van der Waals surface area contributed by atoms with E-state index in [0.717, 1.165) is 5.69 Å². The summed E-state index contributed by atoms with van der Waals surface area (Å²) in [6.07, 6.45) is 0.668. The molecule has 5 heteroatoms. The predicted octanol–water partition coefficient (Wildman–Crippen LogP) is 4.53. The van der Waals surface area contributed by atoms with Crippen LogP contribution in [-0.2, 0) is 10.8 Å². The van der Waals surface area contributed by atoms with E-state index < -0.39 is 13.9 Å². The first-order valence-electron chi connectivity index (χ1n) is 7.64. The van der Waals surface area contributed by atoms with Gasteiger partial charge < -0.3 is 9.33 Å². The van der Waals surface area contributed by atoms with Gasteiger partial charge in [-0.3, -0.25) is 0 Å². The Morgan fingerprint density at radius 2 is 2.00 bits per heavy atom. The highest BCUT2D eigenvalue weighted by atomic mass is 35.5. The minimum absolute atomic E-state index is 0.126. The van der Waals surface area contributed by atoms with E-state index in [1.165, 1.54) is 5.56 Å². The third-order valence-electron chi connectivity index (χ3n) is 5.09. The molecule has 1 atom stereocenters. The lowest BCUT2D eigenvalue weighted by atomic mass is 9.97. The molecule has 2 rings (SSSR count). The lowest BCUT2D eigenvalue weighted by molar-refractivity contribution is 0.231. The third kappa shape index (κ3) is 2.90. The van der Waals surface area contributed by atoms with E-state index >= 15 is 0 Å². The molecule has 3 nitrogen and oxygen atoms in total. The number of anilines is 1. The molecule has 1 aromatic carbocycles. The van der Waals surface area contributed by atoms with E-state index in [4.69, 9.17) is 16.0 Å². The van der Waals surface area contributed by atoms with Crippen LogP contribution in [0.2, 0.25) is 18.1 Å². The van der Waals surface area contributed by atoms with Gasteiger partial charge in [0.2, 0.25) is 0 Å². The molecule has 1 heterocycles. The highest BCUT2D eigenvalue weighted by molar-refractivity contribution is 6.74. The van der Waals surface area contributed by atoms with Gasteiger partial charge in [0.05, 0.1) is 18.7 Å². The van der Waals surface area contributed by atoms with E-state index in [1.807, 2.05) is 23.1 Å². The summed E-state index contributed by atoms with van der Waals surface area (Å²) < 4.78 is 6.35. The van der Waals surface area contributed by atoms with E-state index in [9.17, 15) is 5.26 Å². The van der Waals surface area contributed by atoms with Crippen molar-refractivity contribution in [1.82, 2.24) is 0 Å². The summed E-state index contributed by atoms with van der Waals surface area (Å²) in [5.41, 5.74) is 1.53. The second-order valence-electron chi connectivity index (χ2n) is 7.55. The molecule has 1 unspecified atom stereocenters. The van der Waals surface area contributed by atoms with Crippen molar-refractivity contribution in [3.05, 3.63) is 29.8 Å². The molecular weight excluding hydrogens is 312 g/mol. The Morgan fingerprint density at radius 1 is 1.36 bits per heavy atom. The van der Waals surface area contributed by atoms with Gasteiger partial charge in [-0.25, -0.2) is 0 Å². The molecule has 0 saturated carbocycles. The molecule has 0 bridgehead atoms. The maximum absolute atomic E-state index is 9.87. The number of hydrogen-bond donors (Lipinski definition) is 0. The fourth-order valence-corrected chi connectivity index (χ4v) is 3.91. The summed E-state index contributed by atoms with van der Waals surface area (Å²) in [6, 6.07) is 10.9. The van der Waals surface area contributed by atoms with Crippen molar-refractivity contribution in [2.24, 2.45) is 0 Å². The summed E-state index contributed by atoms with van der Waals surface area (Å²) in [5.74, 6) is 0. The number of fused-ring (bicyclic) bond motifs is 1. The van der Waals surface area contributed by atoms with Crippen molar-refractivity contribution in [1.29, 1.82) is 5.26 Å². The van der Waals surface area contributed by atoms with Crippen LogP contribution < -0.4 is 4.90 Å². The zero-order valence-electron chi connectivity index (χ0n) is 14.1. The van der Waals surface area contributed by atoms with Crippen molar-refractivity contribution in [2.75, 3.05) is 17.5 Å². The second-order valence-corrected chi connectivity index (χ2v) is 12.6. The molecule has 120 valence electrons. The number of hydrogen-bond acceptors (Lipinski definition) is 3. The largest absolute Gasteiger partial charge is 0.413 e. The lowest BCUT2D eigenvalue weighted by Gasteiger charge is -2.40. The number of benzene rings is 1. The molecule has 1 aliphatic rings. The Bertz CT molecular complexity index is 591. The molecule has 0 N–H and O–H groups in total. The van der Waals surface area contributed by atoms with Crippen LogP contribution >= 0.6 is 11.6 Å². The standard InChI is InChI=1S/C17H25ClN2OSi/c1-16(2,3)22(4,5)21-12-17(11-19)10-14-8-6-7-9-15(14)20(17)13-18/h6-9H,10,12-13H2,1-5H3. The highest BCUT2D eigenvalue weighted by Crippen LogP contribution is 2.42. The molecule has 0 aromatic heterocycles. The summed E-state index contributed by atoms with van der Waals surface area (Å²) in [6.45, 7) is 11.5. The van der Waals surface area contributed by atoms with Gasteiger partial charge in [-0.1, -0.05) is 39.0 Å². The van der Waals surface area contributed by atoms with Gasteiger partial charge in [0, 0.05) is 12.1 Å². The van der Waals surface area contributed by atoms with Crippen LogP contribution in [0.1, 0.15) is 26.3 Å². The highest BCUT2D eigenvalue weighted by Gasteiger charge is 2.47. The molecule has 0 fully saturated rings. The van der Waals surface area contributed by atoms with Crippen LogP contribution in [0.5, 0.6) is 0 Å². The van der Waals surface area contributed by atoms with Gasteiger partial charge in [-0.05, 0) is 29.8 Å². The Labute approximate surface area is 140 Å². The number of alkyl halides is 1. The fraction of sp³-hybridized carbons (Fsp3) is 0.588. The SMILES string of the molecule is CC(C)(C)[Si](C)(C)OCC1(C#N)Cc2ccccc2N1CCl. The number of nitriles is 1. The van der Waals surface area contributed by atoms with Crippen molar-refractivity contribution < 1.29 is 4.43 Å². The van der Waals surface area contributed by atoms with Gasteiger partial charge in [-0.2, -0.15) is 5.26 Å². The summed E-state index contributed by atoms with van der Waals surface area (Å²) >= 11 is 6.17. The van der Waals surface area contributed by atoms with Gasteiger partial charge in [-0.15, -0.1) is 11.6 Å². The van der Waals surface area contributed by atoms with Crippen LogP contribution in [0.3, 0.4) is 0 Å². The summed E-state index contributed by atoms with van der Waals surface area (Å²) in [7, 11) is -1.90. The zero-order chi connectivity index (χ0) is 16.6. The molecule has 0 amide bonds. The molecule has 0 spiro atoms. The smallest absolute Gasteiger partial charge is 0.192 e. The van der Waals surface area contributed by atoms with Crippen molar-refractivity contribution in [3.8, 4) is 6.07 Å². The predicted molar refractivity (Wildman–Crippen MR) is 94.8 cm³/mol. The number of nitrogens with zero attached hydrogens (tertiary/aromatic N) is 2. The average Bonchev–Trinajstić information content (AvgIpc) is 2.78. The molecular formula is C17H25ClN2OSi. The van der Waals surface area contributed by atoms with Crippen LogP contribution in [0.4, 0.5) is 5.69 Å². The molecule has 22 heavy (non-hydrogen) atoms. The summed E-state index contributed by atoms with van der Waals surface area (Å²) in [5, 5.41) is 10.0. The van der Waals surface area contributed by atoms with Gasteiger partial charge in [0.1, 0.15) is 0 Å². The molecule has 0 aliphatic carbocycles. The third-order valence-corrected chi connectivity index (χ3v) is 9.81. The van der Waals surface area contributed by atoms with Crippen LogP contribution in [0.25, 0.3) is 0 Å². The van der Waals surface area contributed by atoms with Crippen LogP contribution in [0, 0.1) is 11.3 Å². The van der Waals surface area contributed by atoms with E-state index in [-0.39, 0.29) is 5.04 Å². The Hall–Kier alpha value is -1.02. The van der Waals surface area contributed by atoms with Gasteiger partial charge in [0.15, 0.2) is 13.9 Å². The lowest BCUT2D eigenvalue weighted by Crippen LogP contribution is -2.53. The van der Waals surface area contributed by atoms with Crippen LogP contribution in [-0.4, -0.2) is 26.5 Å². The van der Waals surface area contributed by atoms with Gasteiger partial charge in [0.25, 0.3) is 0 Å². The number of halogens is 1. The van der Waals surface area contributed by atoms with Crippen LogP contribution in [0.15, 0.2) is 24.3 Å². The maximum Gasteiger partial charge on any atom is 0.192 e. The van der Waals surface area contributed by atoms with Crippen molar-refractivity contribution in [2.45, 2.75) is 50.9 Å². The molecule has 0 saturated heterocycles. The first kappa shape index (κ1) is 17.3. The fourth-order valence-electron chi connectivity index (χ4n) is 2.52. The average molecular weight is 337 g/mol. The maximum atomic E-state index is 9.87. The Morgan fingerprint density at radius 3 is 2.55 bits per heavy atom. The zero-order valence-corrected chi connectivity index (χ0v) is 15.9. The number of rotatable bonds is 4. The molecule has 1 aromatic rings. The van der Waals surface area contributed by atoms with E-state index in [1.54, 1.807) is 0 Å². The normalized spacial score (nSPS) is 21.6. The van der Waals surface area contributed by atoms with Crippen molar-refractivity contribution >= 4 is 25.6 Å². The van der Waals surface area contributed by atoms with E-state index in [2.05, 4.69) is 46.0 Å². The van der Waals surface area contributed by atoms with Crippen molar-refractivity contribution in [3.63, 3.8) is 0 Å². The molecule has 0 radical (unpaired) electrons.